The Kier molecular flexibility index (Phi) is 8.77. The number of rotatable bonds is 7. The zero-order chi connectivity index (χ0) is 29.9. The van der Waals surface area contributed by atoms with Gasteiger partial charge in [0.05, 0.1) is 16.7 Å². The molecule has 3 N–H and O–H groups in total. The number of sulfonamides is 1. The number of esters is 1. The van der Waals surface area contributed by atoms with Crippen LogP contribution >= 0.6 is 0 Å². The van der Waals surface area contributed by atoms with Crippen LogP contribution in [-0.4, -0.2) is 44.3 Å². The van der Waals surface area contributed by atoms with E-state index in [1.807, 2.05) is 45.0 Å². The molecule has 3 aromatic carbocycles. The van der Waals surface area contributed by atoms with Crippen molar-refractivity contribution >= 4 is 21.7 Å². The zero-order valence-corrected chi connectivity index (χ0v) is 25.0. The molecule has 0 radical (unpaired) electrons. The molecule has 0 saturated heterocycles. The first kappa shape index (κ1) is 29.9. The fraction of sp³-hybridized carbons (Fsp3) is 0.406. The molecule has 0 saturated carbocycles. The molecule has 10 heteroatoms. The van der Waals surface area contributed by atoms with Crippen LogP contribution in [0.4, 0.5) is 5.69 Å². The first-order valence-corrected chi connectivity index (χ1v) is 15.7. The fourth-order valence-electron chi connectivity index (χ4n) is 5.29. The van der Waals surface area contributed by atoms with Gasteiger partial charge in [0.15, 0.2) is 6.61 Å². The molecule has 1 aliphatic heterocycles. The molecule has 2 atom stereocenters. The summed E-state index contributed by atoms with van der Waals surface area (Å²) in [5, 5.41) is 14.7. The molecule has 9 nitrogen and oxygen atoms in total. The second-order valence-corrected chi connectivity index (χ2v) is 13.5. The Hall–Kier alpha value is -3.60. The summed E-state index contributed by atoms with van der Waals surface area (Å²) in [6.45, 7) is 5.77. The lowest BCUT2D eigenvalue weighted by molar-refractivity contribution is -0.157. The first-order chi connectivity index (χ1) is 19.9. The molecule has 5 rings (SSSR count). The summed E-state index contributed by atoms with van der Waals surface area (Å²) < 4.78 is 45.8. The molecule has 4 bridgehead atoms. The third-order valence-corrected chi connectivity index (χ3v) is 8.62. The number of carbonyl (C=O) groups is 1. The van der Waals surface area contributed by atoms with Gasteiger partial charge in [0, 0.05) is 24.2 Å². The molecular weight excluding hydrogens is 556 g/mol. The summed E-state index contributed by atoms with van der Waals surface area (Å²) in [6, 6.07) is 17.7. The molecule has 3 aromatic rings. The van der Waals surface area contributed by atoms with Crippen LogP contribution in [-0.2, 0) is 39.0 Å². The quantitative estimate of drug-likeness (QED) is 0.266. The average Bonchev–Trinajstić information content (AvgIpc) is 3.14. The Labute approximate surface area is 247 Å². The van der Waals surface area contributed by atoms with Crippen LogP contribution in [0.25, 0.3) is 0 Å². The summed E-state index contributed by atoms with van der Waals surface area (Å²) in [6.07, 6.45) is 2.59. The molecule has 1 aliphatic carbocycles. The van der Waals surface area contributed by atoms with Crippen molar-refractivity contribution in [1.82, 2.24) is 5.32 Å². The van der Waals surface area contributed by atoms with Crippen LogP contribution in [0.3, 0.4) is 0 Å². The van der Waals surface area contributed by atoms with E-state index in [-0.39, 0.29) is 36.4 Å². The van der Waals surface area contributed by atoms with Crippen LogP contribution < -0.4 is 19.5 Å². The lowest BCUT2D eigenvalue weighted by Gasteiger charge is -2.23. The highest BCUT2D eigenvalue weighted by atomic mass is 32.2. The number of anilines is 1. The monoisotopic (exact) mass is 594 g/mol. The Morgan fingerprint density at radius 1 is 1.12 bits per heavy atom. The van der Waals surface area contributed by atoms with Gasteiger partial charge in [-0.25, -0.2) is 13.2 Å². The summed E-state index contributed by atoms with van der Waals surface area (Å²) in [7, 11) is -3.85. The topological polar surface area (TPSA) is 123 Å². The van der Waals surface area contributed by atoms with E-state index in [0.717, 1.165) is 36.8 Å². The van der Waals surface area contributed by atoms with Crippen molar-refractivity contribution in [3.8, 4) is 11.5 Å². The van der Waals surface area contributed by atoms with E-state index >= 15 is 0 Å². The van der Waals surface area contributed by atoms with E-state index in [2.05, 4.69) is 10.0 Å². The fourth-order valence-corrected chi connectivity index (χ4v) is 6.43. The van der Waals surface area contributed by atoms with Crippen molar-refractivity contribution < 1.29 is 32.5 Å². The zero-order valence-electron chi connectivity index (χ0n) is 24.2. The second kappa shape index (κ2) is 12.3. The van der Waals surface area contributed by atoms with Crippen molar-refractivity contribution in [2.75, 3.05) is 17.9 Å². The van der Waals surface area contributed by atoms with E-state index in [4.69, 9.17) is 14.2 Å². The number of benzene rings is 3. The van der Waals surface area contributed by atoms with Crippen LogP contribution in [0, 0.1) is 0 Å². The van der Waals surface area contributed by atoms with E-state index < -0.39 is 27.7 Å². The van der Waals surface area contributed by atoms with Crippen LogP contribution in [0.5, 0.6) is 11.5 Å². The third-order valence-electron chi connectivity index (χ3n) is 7.26. The van der Waals surface area contributed by atoms with Gasteiger partial charge in [-0.1, -0.05) is 24.3 Å². The molecule has 42 heavy (non-hydrogen) atoms. The molecule has 0 spiro atoms. The average molecular weight is 595 g/mol. The van der Waals surface area contributed by atoms with Gasteiger partial charge in [-0.15, -0.1) is 0 Å². The summed E-state index contributed by atoms with van der Waals surface area (Å²) in [4.78, 5) is 12.2. The maximum Gasteiger partial charge on any atom is 0.344 e. The third kappa shape index (κ3) is 7.61. The van der Waals surface area contributed by atoms with Gasteiger partial charge < -0.3 is 24.6 Å². The Bertz CT molecular complexity index is 1550. The van der Waals surface area contributed by atoms with Crippen molar-refractivity contribution in [3.05, 3.63) is 82.9 Å². The normalized spacial score (nSPS) is 18.3. The Balaban J connectivity index is 1.25. The first-order valence-electron chi connectivity index (χ1n) is 14.2. The minimum atomic E-state index is -3.85. The van der Waals surface area contributed by atoms with Gasteiger partial charge in [0.25, 0.3) is 10.0 Å². The minimum absolute atomic E-state index is 0.0955. The standard InChI is InChI=1S/C32H38N2O7S/c1-32(2,3)41-31(36)20-40-25-11-10-22-7-5-8-24(15-23(22)16-25)33-18-30(35)28-13-12-26-17-29(28)34-42(37,38)27-9-4-6-21(14-27)19-39-26/h4,6,9-14,16-17,24,30,33-35H,5,7-8,15,18-20H2,1-3H3/t24?,30-/m0/s1. The predicted molar refractivity (Wildman–Crippen MR) is 159 cm³/mol. The maximum atomic E-state index is 13.1. The number of aliphatic hydroxyl groups is 1. The lowest BCUT2D eigenvalue weighted by Crippen LogP contribution is -2.34. The van der Waals surface area contributed by atoms with E-state index in [0.29, 0.717) is 17.1 Å². The number of fused-ring (bicyclic) bond motifs is 5. The number of ether oxygens (including phenoxy) is 3. The molecule has 1 unspecified atom stereocenters. The largest absolute Gasteiger partial charge is 0.489 e. The molecular formula is C32H38N2O7S. The summed E-state index contributed by atoms with van der Waals surface area (Å²) in [5.41, 5.74) is 3.30. The van der Waals surface area contributed by atoms with Crippen molar-refractivity contribution in [3.63, 3.8) is 0 Å². The number of hydrogen-bond donors (Lipinski definition) is 3. The number of carbonyl (C=O) groups excluding carboxylic acids is 1. The van der Waals surface area contributed by atoms with Crippen LogP contribution in [0.2, 0.25) is 0 Å². The summed E-state index contributed by atoms with van der Waals surface area (Å²) >= 11 is 0. The smallest absolute Gasteiger partial charge is 0.344 e. The van der Waals surface area contributed by atoms with Crippen molar-refractivity contribution in [2.24, 2.45) is 0 Å². The van der Waals surface area contributed by atoms with Crippen molar-refractivity contribution in [1.29, 1.82) is 0 Å². The van der Waals surface area contributed by atoms with Gasteiger partial charge in [0.2, 0.25) is 0 Å². The highest BCUT2D eigenvalue weighted by Crippen LogP contribution is 2.32. The lowest BCUT2D eigenvalue weighted by atomic mass is 10.0. The molecule has 2 aliphatic rings. The van der Waals surface area contributed by atoms with E-state index in [1.165, 1.54) is 11.6 Å². The maximum absolute atomic E-state index is 13.1. The van der Waals surface area contributed by atoms with Gasteiger partial charge in [0.1, 0.15) is 23.7 Å². The molecule has 0 aromatic heterocycles. The van der Waals surface area contributed by atoms with Gasteiger partial charge in [-0.3, -0.25) is 4.72 Å². The number of nitrogens with one attached hydrogen (secondary N) is 2. The number of aliphatic hydroxyl groups excluding tert-OH is 1. The molecule has 1 heterocycles. The molecule has 0 fully saturated rings. The molecule has 224 valence electrons. The van der Waals surface area contributed by atoms with Crippen LogP contribution in [0.1, 0.15) is 62.0 Å². The predicted octanol–water partition coefficient (Wildman–Crippen LogP) is 4.67. The summed E-state index contributed by atoms with van der Waals surface area (Å²) in [5.74, 6) is 0.699. The van der Waals surface area contributed by atoms with Crippen molar-refractivity contribution in [2.45, 2.75) is 75.7 Å². The van der Waals surface area contributed by atoms with Crippen LogP contribution in [0.15, 0.2) is 65.6 Å². The minimum Gasteiger partial charge on any atom is -0.489 e. The van der Waals surface area contributed by atoms with E-state index in [9.17, 15) is 18.3 Å². The SMILES string of the molecule is CC(C)(C)OC(=O)COc1ccc2c(c1)CC(NC[C@H](O)c1ccc3cc1NS(=O)(=O)c1cccc(c1)CO3)CCC2. The van der Waals surface area contributed by atoms with Gasteiger partial charge in [-0.2, -0.15) is 0 Å². The van der Waals surface area contributed by atoms with E-state index in [1.54, 1.807) is 30.3 Å². The highest BCUT2D eigenvalue weighted by molar-refractivity contribution is 7.92. The number of aryl methyl sites for hydroxylation is 1. The van der Waals surface area contributed by atoms with Gasteiger partial charge in [-0.05, 0) is 93.5 Å². The number of hydrogen-bond acceptors (Lipinski definition) is 8. The second-order valence-electron chi connectivity index (χ2n) is 11.8. The molecule has 0 amide bonds. The highest BCUT2D eigenvalue weighted by Gasteiger charge is 2.24. The van der Waals surface area contributed by atoms with Gasteiger partial charge >= 0.3 is 5.97 Å². The Morgan fingerprint density at radius 2 is 1.95 bits per heavy atom. The Morgan fingerprint density at radius 3 is 2.76 bits per heavy atom.